The molecule has 0 saturated heterocycles. The molecule has 0 atom stereocenters. The Morgan fingerprint density at radius 1 is 1.21 bits per heavy atom. The van der Waals surface area contributed by atoms with Crippen LogP contribution >= 0.6 is 34.5 Å². The van der Waals surface area contributed by atoms with Crippen LogP contribution in [-0.2, 0) is 0 Å². The third-order valence-electron chi connectivity index (χ3n) is 3.72. The van der Waals surface area contributed by atoms with E-state index in [1.807, 2.05) is 5.38 Å². The Labute approximate surface area is 175 Å². The highest BCUT2D eigenvalue weighted by Gasteiger charge is 2.11. The van der Waals surface area contributed by atoms with Gasteiger partial charge in [0, 0.05) is 28.1 Å². The minimum absolute atomic E-state index is 0.0292. The van der Waals surface area contributed by atoms with E-state index in [2.05, 4.69) is 11.1 Å². The van der Waals surface area contributed by atoms with Crippen LogP contribution in [0.5, 0.6) is 0 Å². The fourth-order valence-corrected chi connectivity index (χ4v) is 3.64. The quantitative estimate of drug-likeness (QED) is 0.197. The highest BCUT2D eigenvalue weighted by molar-refractivity contribution is 7.11. The summed E-state index contributed by atoms with van der Waals surface area (Å²) in [5.41, 5.74) is 2.63. The lowest BCUT2D eigenvalue weighted by atomic mass is 10.1. The first kappa shape index (κ1) is 19.8. The molecule has 1 heterocycles. The van der Waals surface area contributed by atoms with Gasteiger partial charge in [0.25, 0.3) is 5.69 Å². The Morgan fingerprint density at radius 2 is 1.96 bits per heavy atom. The summed E-state index contributed by atoms with van der Waals surface area (Å²) in [5, 5.41) is 23.5. The predicted molar refractivity (Wildman–Crippen MR) is 113 cm³/mol. The average Bonchev–Trinajstić information content (AvgIpc) is 3.15. The zero-order valence-corrected chi connectivity index (χ0v) is 16.5. The van der Waals surface area contributed by atoms with Crippen molar-refractivity contribution in [3.8, 4) is 17.3 Å². The molecule has 0 aliphatic rings. The molecule has 0 N–H and O–H groups in total. The molecule has 28 heavy (non-hydrogen) atoms. The van der Waals surface area contributed by atoms with Gasteiger partial charge in [-0.1, -0.05) is 35.4 Å². The molecular formula is C20H11Cl2N3O2S. The molecule has 3 aromatic rings. The monoisotopic (exact) mass is 427 g/mol. The molecule has 0 aliphatic carbocycles. The van der Waals surface area contributed by atoms with Crippen molar-refractivity contribution >= 4 is 51.9 Å². The first-order valence-corrected chi connectivity index (χ1v) is 9.56. The molecule has 5 nitrogen and oxygen atoms in total. The van der Waals surface area contributed by atoms with Gasteiger partial charge in [0.05, 0.1) is 21.2 Å². The van der Waals surface area contributed by atoms with Crippen molar-refractivity contribution in [2.24, 2.45) is 0 Å². The van der Waals surface area contributed by atoms with Gasteiger partial charge in [-0.15, -0.1) is 11.3 Å². The first-order chi connectivity index (χ1) is 13.5. The lowest BCUT2D eigenvalue weighted by Gasteiger charge is -2.00. The molecule has 1 aromatic heterocycles. The van der Waals surface area contributed by atoms with E-state index in [0.29, 0.717) is 26.3 Å². The summed E-state index contributed by atoms with van der Waals surface area (Å²) in [6, 6.07) is 13.4. The van der Waals surface area contributed by atoms with E-state index < -0.39 is 4.92 Å². The number of aromatic nitrogens is 1. The normalized spacial score (nSPS) is 11.5. The lowest BCUT2D eigenvalue weighted by Crippen LogP contribution is -1.86. The van der Waals surface area contributed by atoms with Crippen LogP contribution in [-0.4, -0.2) is 9.91 Å². The summed E-state index contributed by atoms with van der Waals surface area (Å²) in [4.78, 5) is 14.7. The Hall–Kier alpha value is -2.98. The predicted octanol–water partition coefficient (Wildman–Crippen LogP) is 6.65. The molecule has 0 bridgehead atoms. The van der Waals surface area contributed by atoms with E-state index in [9.17, 15) is 15.4 Å². The Kier molecular flexibility index (Phi) is 6.22. The fourth-order valence-electron chi connectivity index (χ4n) is 2.34. The van der Waals surface area contributed by atoms with Crippen LogP contribution in [0, 0.1) is 21.4 Å². The Bertz CT molecular complexity index is 1130. The van der Waals surface area contributed by atoms with E-state index in [-0.39, 0.29) is 5.69 Å². The van der Waals surface area contributed by atoms with Crippen molar-refractivity contribution in [1.82, 2.24) is 4.98 Å². The van der Waals surface area contributed by atoms with Crippen molar-refractivity contribution in [3.63, 3.8) is 0 Å². The first-order valence-electron chi connectivity index (χ1n) is 7.92. The number of non-ortho nitro benzene ring substituents is 1. The van der Waals surface area contributed by atoms with Gasteiger partial charge in [-0.05, 0) is 42.0 Å². The van der Waals surface area contributed by atoms with Crippen molar-refractivity contribution in [2.75, 3.05) is 0 Å². The van der Waals surface area contributed by atoms with Gasteiger partial charge in [0.1, 0.15) is 11.1 Å². The molecule has 0 saturated carbocycles. The highest BCUT2D eigenvalue weighted by atomic mass is 35.5. The minimum atomic E-state index is -0.450. The van der Waals surface area contributed by atoms with E-state index >= 15 is 0 Å². The lowest BCUT2D eigenvalue weighted by molar-refractivity contribution is -0.384. The number of nitrogens with zero attached hydrogens (tertiary/aromatic N) is 3. The molecule has 138 valence electrons. The Balaban J connectivity index is 1.81. The van der Waals surface area contributed by atoms with Gasteiger partial charge in [-0.25, -0.2) is 4.98 Å². The number of halogens is 2. The standard InChI is InChI=1S/C20H11Cl2N3O2S/c21-15-6-9-17(18(22)10-15)19-12-28-20(24-19)14(11-23)3-1-2-13-4-7-16(8-5-13)25(26)27/h1-10,12H/b2-1+,14-3-. The fraction of sp³-hybridized carbons (Fsp3) is 0. The molecule has 0 amide bonds. The van der Waals surface area contributed by atoms with Crippen LogP contribution in [0.15, 0.2) is 60.0 Å². The van der Waals surface area contributed by atoms with Crippen LogP contribution < -0.4 is 0 Å². The third kappa shape index (κ3) is 4.65. The SMILES string of the molecule is N#C/C(=C/C=C/c1ccc([N+](=O)[O-])cc1)c1nc(-c2ccc(Cl)cc2Cl)cs1. The van der Waals surface area contributed by atoms with Crippen molar-refractivity contribution in [3.05, 3.63) is 90.7 Å². The zero-order valence-electron chi connectivity index (χ0n) is 14.2. The van der Waals surface area contributed by atoms with Gasteiger partial charge in [0.15, 0.2) is 0 Å². The molecule has 2 aromatic carbocycles. The molecule has 3 rings (SSSR count). The summed E-state index contributed by atoms with van der Waals surface area (Å²) < 4.78 is 0. The van der Waals surface area contributed by atoms with Crippen molar-refractivity contribution in [2.45, 2.75) is 0 Å². The number of nitriles is 1. The minimum Gasteiger partial charge on any atom is -0.258 e. The second kappa shape index (κ2) is 8.81. The van der Waals surface area contributed by atoms with Gasteiger partial charge in [0.2, 0.25) is 0 Å². The maximum Gasteiger partial charge on any atom is 0.269 e. The van der Waals surface area contributed by atoms with Gasteiger partial charge < -0.3 is 0 Å². The van der Waals surface area contributed by atoms with E-state index in [4.69, 9.17) is 23.2 Å². The summed E-state index contributed by atoms with van der Waals surface area (Å²) in [7, 11) is 0. The number of nitro groups is 1. The third-order valence-corrected chi connectivity index (χ3v) is 5.14. The number of rotatable bonds is 5. The smallest absolute Gasteiger partial charge is 0.258 e. The molecule has 0 unspecified atom stereocenters. The highest BCUT2D eigenvalue weighted by Crippen LogP contribution is 2.32. The number of nitro benzene ring substituents is 1. The molecule has 0 radical (unpaired) electrons. The van der Waals surface area contributed by atoms with Crippen LogP contribution in [0.3, 0.4) is 0 Å². The van der Waals surface area contributed by atoms with Gasteiger partial charge in [-0.3, -0.25) is 10.1 Å². The van der Waals surface area contributed by atoms with Crippen LogP contribution in [0.2, 0.25) is 10.0 Å². The molecular weight excluding hydrogens is 417 g/mol. The van der Waals surface area contributed by atoms with Crippen molar-refractivity contribution in [1.29, 1.82) is 5.26 Å². The Morgan fingerprint density at radius 3 is 2.61 bits per heavy atom. The van der Waals surface area contributed by atoms with E-state index in [1.54, 1.807) is 48.6 Å². The maximum atomic E-state index is 10.7. The molecule has 8 heteroatoms. The second-order valence-electron chi connectivity index (χ2n) is 5.56. The summed E-state index contributed by atoms with van der Waals surface area (Å²) in [5.74, 6) is 0. The summed E-state index contributed by atoms with van der Waals surface area (Å²) in [6.45, 7) is 0. The second-order valence-corrected chi connectivity index (χ2v) is 7.26. The van der Waals surface area contributed by atoms with Gasteiger partial charge >= 0.3 is 0 Å². The van der Waals surface area contributed by atoms with Crippen LogP contribution in [0.25, 0.3) is 22.9 Å². The molecule has 0 fully saturated rings. The van der Waals surface area contributed by atoms with Crippen LogP contribution in [0.4, 0.5) is 5.69 Å². The molecule has 0 spiro atoms. The zero-order chi connectivity index (χ0) is 20.1. The topological polar surface area (TPSA) is 79.8 Å². The molecule has 0 aliphatic heterocycles. The largest absolute Gasteiger partial charge is 0.269 e. The number of hydrogen-bond acceptors (Lipinski definition) is 5. The van der Waals surface area contributed by atoms with E-state index in [0.717, 1.165) is 11.1 Å². The number of hydrogen-bond donors (Lipinski definition) is 0. The van der Waals surface area contributed by atoms with Crippen LogP contribution in [0.1, 0.15) is 10.6 Å². The number of allylic oxidation sites excluding steroid dienone is 3. The average molecular weight is 428 g/mol. The number of thiazole rings is 1. The summed E-state index contributed by atoms with van der Waals surface area (Å²) in [6.07, 6.45) is 5.11. The maximum absolute atomic E-state index is 10.7. The van der Waals surface area contributed by atoms with Crippen molar-refractivity contribution < 1.29 is 4.92 Å². The van der Waals surface area contributed by atoms with Gasteiger partial charge in [-0.2, -0.15) is 5.26 Å². The summed E-state index contributed by atoms with van der Waals surface area (Å²) >= 11 is 13.5. The number of benzene rings is 2. The van der Waals surface area contributed by atoms with E-state index in [1.165, 1.54) is 23.5 Å².